The van der Waals surface area contributed by atoms with E-state index in [1.165, 1.54) is 12.1 Å². The standard InChI is InChI=1S/C34H35ClF4N4O4S/c1-23(31-27(35)9-6-10-28(31)36)17-24-11-12-29-30(18-24)43(48(44,45)26-8-5-7-25(19-26)34(37,38)39)16-15-42(29)14-13-41(4)33(20-40)21-46-32(2,3)47-22-33/h5-12,17-19H,13-16,21-22H2,1-4H3/b23-17+. The third-order valence-electron chi connectivity index (χ3n) is 8.63. The molecule has 0 aromatic heterocycles. The van der Waals surface area contributed by atoms with Gasteiger partial charge in [-0.25, -0.2) is 12.8 Å². The number of hydrogen-bond donors (Lipinski definition) is 0. The van der Waals surface area contributed by atoms with Gasteiger partial charge in [0.2, 0.25) is 0 Å². The SMILES string of the molecule is C/C(=C\c1ccc2c(c1)N(S(=O)(=O)c1cccc(C(F)(F)F)c1)CCN2CCN(C)C1(C#N)COC(C)(C)OC1)c1c(F)cccc1Cl. The van der Waals surface area contributed by atoms with Gasteiger partial charge < -0.3 is 14.4 Å². The van der Waals surface area contributed by atoms with Crippen LogP contribution in [0.1, 0.15) is 37.5 Å². The van der Waals surface area contributed by atoms with Gasteiger partial charge in [-0.05, 0) is 81.4 Å². The molecular formula is C34H35ClF4N4O4S. The van der Waals surface area contributed by atoms with Crippen molar-refractivity contribution >= 4 is 44.6 Å². The van der Waals surface area contributed by atoms with Crippen molar-refractivity contribution in [3.05, 3.63) is 88.2 Å². The molecule has 1 fully saturated rings. The number of likely N-dealkylation sites (N-methyl/N-ethyl adjacent to an activating group) is 1. The molecule has 2 aliphatic rings. The molecule has 0 spiro atoms. The molecule has 0 amide bonds. The van der Waals surface area contributed by atoms with E-state index in [-0.39, 0.29) is 42.6 Å². The van der Waals surface area contributed by atoms with E-state index >= 15 is 0 Å². The highest BCUT2D eigenvalue weighted by atomic mass is 35.5. The van der Waals surface area contributed by atoms with E-state index in [1.54, 1.807) is 58.2 Å². The molecule has 14 heteroatoms. The highest BCUT2D eigenvalue weighted by molar-refractivity contribution is 7.92. The van der Waals surface area contributed by atoms with Crippen molar-refractivity contribution in [2.75, 3.05) is 55.6 Å². The Morgan fingerprint density at radius 1 is 1.06 bits per heavy atom. The minimum absolute atomic E-state index is 0.0651. The van der Waals surface area contributed by atoms with Crippen molar-refractivity contribution in [3.8, 4) is 6.07 Å². The molecule has 3 aromatic carbocycles. The smallest absolute Gasteiger partial charge is 0.367 e. The van der Waals surface area contributed by atoms with Crippen LogP contribution in [0.5, 0.6) is 0 Å². The molecule has 0 aliphatic carbocycles. The topological polar surface area (TPSA) is 86.1 Å². The number of ether oxygens (including phenoxy) is 2. The zero-order valence-electron chi connectivity index (χ0n) is 26.8. The number of sulfonamides is 1. The predicted molar refractivity (Wildman–Crippen MR) is 177 cm³/mol. The lowest BCUT2D eigenvalue weighted by atomic mass is 10.00. The second-order valence-corrected chi connectivity index (χ2v) is 14.6. The maximum Gasteiger partial charge on any atom is 0.416 e. The zero-order valence-corrected chi connectivity index (χ0v) is 28.4. The van der Waals surface area contributed by atoms with Crippen molar-refractivity contribution in [1.82, 2.24) is 4.90 Å². The first-order valence-corrected chi connectivity index (χ1v) is 16.9. The van der Waals surface area contributed by atoms with Gasteiger partial charge in [0.15, 0.2) is 11.3 Å². The monoisotopic (exact) mass is 706 g/mol. The number of nitrogens with zero attached hydrogens (tertiary/aromatic N) is 4. The van der Waals surface area contributed by atoms with Gasteiger partial charge in [-0.3, -0.25) is 9.21 Å². The first-order valence-electron chi connectivity index (χ1n) is 15.1. The molecule has 0 N–H and O–H groups in total. The van der Waals surface area contributed by atoms with Gasteiger partial charge >= 0.3 is 6.18 Å². The fraction of sp³-hybridized carbons (Fsp3) is 0.382. The Labute approximate surface area is 282 Å². The van der Waals surface area contributed by atoms with E-state index in [0.29, 0.717) is 36.0 Å². The summed E-state index contributed by atoms with van der Waals surface area (Å²) in [5.41, 5.74) is -0.146. The molecule has 3 aromatic rings. The van der Waals surface area contributed by atoms with Crippen LogP contribution in [0.2, 0.25) is 5.02 Å². The molecule has 2 heterocycles. The van der Waals surface area contributed by atoms with E-state index in [0.717, 1.165) is 22.5 Å². The summed E-state index contributed by atoms with van der Waals surface area (Å²) in [5.74, 6) is -1.34. The fourth-order valence-corrected chi connectivity index (χ4v) is 7.53. The van der Waals surface area contributed by atoms with Crippen LogP contribution >= 0.6 is 11.6 Å². The molecule has 0 atom stereocenters. The Bertz CT molecular complexity index is 1850. The number of benzene rings is 3. The molecule has 0 saturated carbocycles. The Morgan fingerprint density at radius 3 is 2.40 bits per heavy atom. The van der Waals surface area contributed by atoms with Gasteiger partial charge in [0.1, 0.15) is 5.82 Å². The largest absolute Gasteiger partial charge is 0.416 e. The molecule has 0 radical (unpaired) electrons. The van der Waals surface area contributed by atoms with Gasteiger partial charge in [0.05, 0.1) is 52.7 Å². The van der Waals surface area contributed by atoms with Gasteiger partial charge in [-0.2, -0.15) is 18.4 Å². The maximum atomic E-state index is 14.7. The van der Waals surface area contributed by atoms with Crippen molar-refractivity contribution in [3.63, 3.8) is 0 Å². The van der Waals surface area contributed by atoms with Crippen LogP contribution in [0, 0.1) is 17.1 Å². The third kappa shape index (κ3) is 7.18. The maximum absolute atomic E-state index is 14.7. The van der Waals surface area contributed by atoms with Gasteiger partial charge in [0, 0.05) is 25.2 Å². The van der Waals surface area contributed by atoms with Crippen LogP contribution in [-0.2, 0) is 25.7 Å². The third-order valence-corrected chi connectivity index (χ3v) is 10.8. The summed E-state index contributed by atoms with van der Waals surface area (Å²) in [5, 5.41) is 10.3. The molecular weight excluding hydrogens is 672 g/mol. The Kier molecular flexibility index (Phi) is 9.89. The number of anilines is 2. The highest BCUT2D eigenvalue weighted by Crippen LogP contribution is 2.40. The average molecular weight is 707 g/mol. The molecule has 256 valence electrons. The summed E-state index contributed by atoms with van der Waals surface area (Å²) in [6.45, 7) is 6.40. The van der Waals surface area contributed by atoms with Crippen LogP contribution in [0.3, 0.4) is 0 Å². The summed E-state index contributed by atoms with van der Waals surface area (Å²) in [6.07, 6.45) is -3.07. The zero-order chi connectivity index (χ0) is 35.1. The van der Waals surface area contributed by atoms with Gasteiger partial charge in [0.25, 0.3) is 10.0 Å². The molecule has 2 aliphatic heterocycles. The van der Waals surface area contributed by atoms with Crippen molar-refractivity contribution in [1.29, 1.82) is 5.26 Å². The van der Waals surface area contributed by atoms with Crippen LogP contribution in [0.25, 0.3) is 11.6 Å². The number of halogens is 5. The van der Waals surface area contributed by atoms with Crippen LogP contribution in [-0.4, -0.2) is 71.1 Å². The molecule has 8 nitrogen and oxygen atoms in total. The van der Waals surface area contributed by atoms with E-state index < -0.39 is 43.8 Å². The molecule has 0 bridgehead atoms. The number of alkyl halides is 3. The van der Waals surface area contributed by atoms with Crippen LogP contribution in [0.15, 0.2) is 65.6 Å². The molecule has 5 rings (SSSR count). The van der Waals surface area contributed by atoms with Crippen LogP contribution < -0.4 is 9.21 Å². The normalized spacial score (nSPS) is 18.1. The van der Waals surface area contributed by atoms with E-state index in [4.69, 9.17) is 21.1 Å². The molecule has 1 saturated heterocycles. The van der Waals surface area contributed by atoms with Crippen molar-refractivity contribution in [2.24, 2.45) is 0 Å². The van der Waals surface area contributed by atoms with Crippen molar-refractivity contribution in [2.45, 2.75) is 43.2 Å². The molecule has 0 unspecified atom stereocenters. The first-order chi connectivity index (χ1) is 22.5. The molecule has 48 heavy (non-hydrogen) atoms. The summed E-state index contributed by atoms with van der Waals surface area (Å²) in [6, 6.07) is 15.4. The fourth-order valence-electron chi connectivity index (χ4n) is 5.71. The quantitative estimate of drug-likeness (QED) is 0.183. The summed E-state index contributed by atoms with van der Waals surface area (Å²) in [7, 11) is -2.66. The predicted octanol–water partition coefficient (Wildman–Crippen LogP) is 7.05. The lowest BCUT2D eigenvalue weighted by Gasteiger charge is -2.45. The minimum Gasteiger partial charge on any atom is -0.367 e. The van der Waals surface area contributed by atoms with Gasteiger partial charge in [-0.15, -0.1) is 0 Å². The van der Waals surface area contributed by atoms with E-state index in [9.17, 15) is 31.2 Å². The Morgan fingerprint density at radius 2 is 1.75 bits per heavy atom. The van der Waals surface area contributed by atoms with Crippen LogP contribution in [0.4, 0.5) is 28.9 Å². The average Bonchev–Trinajstić information content (AvgIpc) is 3.03. The van der Waals surface area contributed by atoms with E-state index in [2.05, 4.69) is 6.07 Å². The lowest BCUT2D eigenvalue weighted by molar-refractivity contribution is -0.275. The number of rotatable bonds is 8. The summed E-state index contributed by atoms with van der Waals surface area (Å²) in [4.78, 5) is 3.30. The second-order valence-electron chi connectivity index (χ2n) is 12.3. The minimum atomic E-state index is -4.73. The Balaban J connectivity index is 1.51. The summed E-state index contributed by atoms with van der Waals surface area (Å²) < 4.78 is 95.9. The number of allylic oxidation sites excluding steroid dienone is 1. The highest BCUT2D eigenvalue weighted by Gasteiger charge is 2.44. The van der Waals surface area contributed by atoms with Gasteiger partial charge in [-0.1, -0.05) is 35.9 Å². The lowest BCUT2D eigenvalue weighted by Crippen LogP contribution is -2.60. The first kappa shape index (κ1) is 35.6. The second kappa shape index (κ2) is 13.3. The van der Waals surface area contributed by atoms with Crippen molar-refractivity contribution < 1.29 is 35.5 Å². The number of fused-ring (bicyclic) bond motifs is 1. The number of hydrogen-bond acceptors (Lipinski definition) is 7. The van der Waals surface area contributed by atoms with E-state index in [1.807, 2.05) is 9.80 Å². The summed E-state index contributed by atoms with van der Waals surface area (Å²) >= 11 is 6.28. The number of nitriles is 1. The Hall–Kier alpha value is -3.67.